The Morgan fingerprint density at radius 1 is 1.06 bits per heavy atom. The van der Waals surface area contributed by atoms with Gasteiger partial charge < -0.3 is 19.5 Å². The number of hydrogen-bond donors (Lipinski definition) is 1. The van der Waals surface area contributed by atoms with E-state index in [0.717, 1.165) is 29.8 Å². The predicted molar refractivity (Wildman–Crippen MR) is 139 cm³/mol. The summed E-state index contributed by atoms with van der Waals surface area (Å²) in [5.41, 5.74) is 3.32. The summed E-state index contributed by atoms with van der Waals surface area (Å²) in [4.78, 5) is 30.5. The first-order valence-corrected chi connectivity index (χ1v) is 12.5. The highest BCUT2D eigenvalue weighted by atomic mass is 16.5. The van der Waals surface area contributed by atoms with Gasteiger partial charge in [0.1, 0.15) is 11.5 Å². The Balaban J connectivity index is 1.77. The minimum Gasteiger partial charge on any atom is -0.507 e. The third kappa shape index (κ3) is 5.18. The zero-order valence-corrected chi connectivity index (χ0v) is 21.8. The van der Waals surface area contributed by atoms with Gasteiger partial charge in [-0.25, -0.2) is 0 Å². The second-order valence-electron chi connectivity index (χ2n) is 10.5. The van der Waals surface area contributed by atoms with Crippen LogP contribution < -0.4 is 4.74 Å². The number of Topliss-reactive ketones (excluding diaryl/α,β-unsaturated/α-hetero) is 1. The molecule has 0 unspecified atom stereocenters. The number of benzene rings is 2. The maximum absolute atomic E-state index is 13.4. The third-order valence-electron chi connectivity index (χ3n) is 7.08. The third-order valence-corrected chi connectivity index (χ3v) is 7.08. The normalized spacial score (nSPS) is 20.7. The van der Waals surface area contributed by atoms with Crippen LogP contribution in [0.5, 0.6) is 5.75 Å². The first-order chi connectivity index (χ1) is 17.1. The van der Waals surface area contributed by atoms with Crippen molar-refractivity contribution >= 4 is 17.4 Å². The van der Waals surface area contributed by atoms with Crippen molar-refractivity contribution in [3.63, 3.8) is 0 Å². The van der Waals surface area contributed by atoms with Gasteiger partial charge in [-0.2, -0.15) is 0 Å². The standard InChI is InChI=1S/C29H36N2O5/c1-19-18-22(35-5)10-11-23(19)26(32)24-25(20-6-8-21(9-7-20)29(2,3)4)31(28(34)27(24)33)13-12-30-14-16-36-17-15-30/h6-11,18,25,32H,12-17H2,1-5H3/t25-/m0/s1. The number of aliphatic hydroxyl groups excluding tert-OH is 1. The molecule has 7 heteroatoms. The second-order valence-corrected chi connectivity index (χ2v) is 10.5. The predicted octanol–water partition coefficient (Wildman–Crippen LogP) is 4.06. The summed E-state index contributed by atoms with van der Waals surface area (Å²) in [5, 5.41) is 11.4. The van der Waals surface area contributed by atoms with E-state index in [1.807, 2.05) is 31.2 Å². The molecule has 192 valence electrons. The highest BCUT2D eigenvalue weighted by molar-refractivity contribution is 6.46. The Labute approximate surface area is 213 Å². The number of carbonyl (C=O) groups excluding carboxylic acids is 2. The highest BCUT2D eigenvalue weighted by Crippen LogP contribution is 2.40. The van der Waals surface area contributed by atoms with Gasteiger partial charge in [-0.3, -0.25) is 14.5 Å². The van der Waals surface area contributed by atoms with Crippen molar-refractivity contribution in [3.8, 4) is 5.75 Å². The van der Waals surface area contributed by atoms with Crippen LogP contribution in [-0.2, 0) is 19.7 Å². The molecule has 36 heavy (non-hydrogen) atoms. The molecule has 0 aromatic heterocycles. The van der Waals surface area contributed by atoms with Crippen LogP contribution in [0.15, 0.2) is 48.0 Å². The molecule has 1 amide bonds. The van der Waals surface area contributed by atoms with Gasteiger partial charge in [0.15, 0.2) is 0 Å². The Morgan fingerprint density at radius 2 is 1.72 bits per heavy atom. The van der Waals surface area contributed by atoms with E-state index in [0.29, 0.717) is 37.6 Å². The van der Waals surface area contributed by atoms with Crippen molar-refractivity contribution in [2.24, 2.45) is 0 Å². The van der Waals surface area contributed by atoms with E-state index < -0.39 is 17.7 Å². The molecule has 7 nitrogen and oxygen atoms in total. The number of nitrogens with zero attached hydrogens (tertiary/aromatic N) is 2. The Morgan fingerprint density at radius 3 is 2.31 bits per heavy atom. The van der Waals surface area contributed by atoms with Gasteiger partial charge >= 0.3 is 0 Å². The number of hydrogen-bond acceptors (Lipinski definition) is 6. The Hall–Kier alpha value is -3.16. The smallest absolute Gasteiger partial charge is 0.295 e. The fourth-order valence-corrected chi connectivity index (χ4v) is 4.87. The number of methoxy groups -OCH3 is 1. The molecule has 0 spiro atoms. The maximum atomic E-state index is 13.4. The summed E-state index contributed by atoms with van der Waals surface area (Å²) in [5.74, 6) is -0.743. The van der Waals surface area contributed by atoms with Crippen LogP contribution in [0.4, 0.5) is 0 Å². The summed E-state index contributed by atoms with van der Waals surface area (Å²) in [6.45, 7) is 12.2. The molecular formula is C29H36N2O5. The van der Waals surface area contributed by atoms with E-state index >= 15 is 0 Å². The van der Waals surface area contributed by atoms with Gasteiger partial charge in [0, 0.05) is 31.7 Å². The van der Waals surface area contributed by atoms with Crippen LogP contribution in [0, 0.1) is 6.92 Å². The van der Waals surface area contributed by atoms with E-state index in [4.69, 9.17) is 9.47 Å². The lowest BCUT2D eigenvalue weighted by molar-refractivity contribution is -0.140. The summed E-state index contributed by atoms with van der Waals surface area (Å²) < 4.78 is 10.7. The minimum atomic E-state index is -0.665. The molecule has 0 bridgehead atoms. The van der Waals surface area contributed by atoms with E-state index in [-0.39, 0.29) is 16.7 Å². The van der Waals surface area contributed by atoms with Gasteiger partial charge in [-0.15, -0.1) is 0 Å². The van der Waals surface area contributed by atoms with Crippen LogP contribution in [-0.4, -0.2) is 73.1 Å². The lowest BCUT2D eigenvalue weighted by atomic mass is 9.85. The van der Waals surface area contributed by atoms with Crippen molar-refractivity contribution in [3.05, 3.63) is 70.3 Å². The molecule has 2 heterocycles. The average molecular weight is 493 g/mol. The molecule has 1 atom stereocenters. The van der Waals surface area contributed by atoms with Crippen molar-refractivity contribution in [1.29, 1.82) is 0 Å². The molecular weight excluding hydrogens is 456 g/mol. The first-order valence-electron chi connectivity index (χ1n) is 12.5. The number of likely N-dealkylation sites (tertiary alicyclic amines) is 1. The lowest BCUT2D eigenvalue weighted by Crippen LogP contribution is -2.42. The second kappa shape index (κ2) is 10.4. The van der Waals surface area contributed by atoms with E-state index in [1.165, 1.54) is 0 Å². The number of ether oxygens (including phenoxy) is 2. The fourth-order valence-electron chi connectivity index (χ4n) is 4.87. The van der Waals surface area contributed by atoms with E-state index in [9.17, 15) is 14.7 Å². The van der Waals surface area contributed by atoms with E-state index in [1.54, 1.807) is 30.2 Å². The zero-order chi connectivity index (χ0) is 26.0. The zero-order valence-electron chi connectivity index (χ0n) is 21.8. The average Bonchev–Trinajstić information content (AvgIpc) is 3.12. The number of morpholine rings is 1. The maximum Gasteiger partial charge on any atom is 0.295 e. The van der Waals surface area contributed by atoms with Gasteiger partial charge in [0.05, 0.1) is 31.9 Å². The first kappa shape index (κ1) is 25.9. The van der Waals surface area contributed by atoms with Crippen LogP contribution in [0.3, 0.4) is 0 Å². The highest BCUT2D eigenvalue weighted by Gasteiger charge is 2.46. The van der Waals surface area contributed by atoms with E-state index in [2.05, 4.69) is 25.7 Å². The summed E-state index contributed by atoms with van der Waals surface area (Å²) in [6, 6.07) is 12.6. The van der Waals surface area contributed by atoms with Crippen LogP contribution in [0.25, 0.3) is 5.76 Å². The molecule has 2 saturated heterocycles. The minimum absolute atomic E-state index is 0.0309. The fraction of sp³-hybridized carbons (Fsp3) is 0.448. The SMILES string of the molecule is COc1ccc(C(O)=C2C(=O)C(=O)N(CCN3CCOCC3)[C@H]2c2ccc(C(C)(C)C)cc2)c(C)c1. The quantitative estimate of drug-likeness (QED) is 0.372. The molecule has 1 N–H and O–H groups in total. The molecule has 2 aliphatic heterocycles. The Kier molecular flexibility index (Phi) is 7.52. The summed E-state index contributed by atoms with van der Waals surface area (Å²) in [6.07, 6.45) is 0. The molecule has 0 aliphatic carbocycles. The molecule has 2 aromatic rings. The molecule has 0 saturated carbocycles. The van der Waals surface area contributed by atoms with Gasteiger partial charge in [-0.1, -0.05) is 45.0 Å². The molecule has 2 aliphatic rings. The molecule has 4 rings (SSSR count). The monoisotopic (exact) mass is 492 g/mol. The van der Waals surface area contributed by atoms with Crippen LogP contribution >= 0.6 is 0 Å². The largest absolute Gasteiger partial charge is 0.507 e. The van der Waals surface area contributed by atoms with Crippen molar-refractivity contribution in [2.75, 3.05) is 46.5 Å². The van der Waals surface area contributed by atoms with Gasteiger partial charge in [0.25, 0.3) is 11.7 Å². The number of carbonyl (C=O) groups is 2. The van der Waals surface area contributed by atoms with Crippen molar-refractivity contribution in [1.82, 2.24) is 9.80 Å². The number of aliphatic hydroxyl groups is 1. The molecule has 0 radical (unpaired) electrons. The van der Waals surface area contributed by atoms with Crippen LogP contribution in [0.1, 0.15) is 49.1 Å². The topological polar surface area (TPSA) is 79.3 Å². The van der Waals surface area contributed by atoms with Crippen molar-refractivity contribution < 1.29 is 24.2 Å². The summed E-state index contributed by atoms with van der Waals surface area (Å²) >= 11 is 0. The number of aryl methyl sites for hydroxylation is 1. The lowest BCUT2D eigenvalue weighted by Gasteiger charge is -2.31. The number of ketones is 1. The van der Waals surface area contributed by atoms with Crippen LogP contribution in [0.2, 0.25) is 0 Å². The number of amides is 1. The van der Waals surface area contributed by atoms with Gasteiger partial charge in [-0.05, 0) is 47.2 Å². The Bertz CT molecular complexity index is 1160. The molecule has 2 aromatic carbocycles. The van der Waals surface area contributed by atoms with Gasteiger partial charge in [0.2, 0.25) is 0 Å². The van der Waals surface area contributed by atoms with Crippen molar-refractivity contribution in [2.45, 2.75) is 39.2 Å². The summed E-state index contributed by atoms with van der Waals surface area (Å²) in [7, 11) is 1.58. The molecule has 2 fully saturated rings. The number of rotatable bonds is 6.